The van der Waals surface area contributed by atoms with Gasteiger partial charge in [0, 0.05) is 17.0 Å². The molecule has 0 saturated carbocycles. The Kier molecular flexibility index (Phi) is 3.73. The van der Waals surface area contributed by atoms with Gasteiger partial charge in [-0.1, -0.05) is 20.8 Å². The Morgan fingerprint density at radius 1 is 1.45 bits per heavy atom. The Bertz CT molecular complexity index is 114. The zero-order valence-electron chi connectivity index (χ0n) is 7.76. The van der Waals surface area contributed by atoms with Crippen molar-refractivity contribution < 1.29 is 0 Å². The molecule has 0 aromatic rings. The smallest absolute Gasteiger partial charge is 0.0181 e. The number of rotatable bonds is 1. The van der Waals surface area contributed by atoms with Crippen molar-refractivity contribution in [1.82, 2.24) is 5.32 Å². The summed E-state index contributed by atoms with van der Waals surface area (Å²) in [6, 6.07) is 0.741. The molecule has 1 heterocycles. The van der Waals surface area contributed by atoms with Crippen LogP contribution in [0.25, 0.3) is 0 Å². The molecule has 2 unspecified atom stereocenters. The van der Waals surface area contributed by atoms with E-state index >= 15 is 0 Å². The highest BCUT2D eigenvalue weighted by Crippen LogP contribution is 2.20. The van der Waals surface area contributed by atoms with E-state index in [0.29, 0.717) is 0 Å². The molecule has 2 heteroatoms. The Balaban J connectivity index is 2.34. The first kappa shape index (κ1) is 9.40. The summed E-state index contributed by atoms with van der Waals surface area (Å²) >= 11 is 2.11. The molecule has 2 atom stereocenters. The van der Waals surface area contributed by atoms with E-state index in [9.17, 15) is 0 Å². The first-order valence-electron chi connectivity index (χ1n) is 4.55. The maximum Gasteiger partial charge on any atom is 0.0181 e. The third-order valence-corrected chi connectivity index (χ3v) is 3.68. The van der Waals surface area contributed by atoms with E-state index in [-0.39, 0.29) is 0 Å². The fourth-order valence-electron chi connectivity index (χ4n) is 1.31. The molecule has 1 fully saturated rings. The van der Waals surface area contributed by atoms with Crippen LogP contribution in [0.1, 0.15) is 27.2 Å². The number of hydrogen-bond acceptors (Lipinski definition) is 2. The molecule has 66 valence electrons. The van der Waals surface area contributed by atoms with Crippen LogP contribution in [0.15, 0.2) is 0 Å². The van der Waals surface area contributed by atoms with Gasteiger partial charge < -0.3 is 5.32 Å². The van der Waals surface area contributed by atoms with Crippen LogP contribution >= 0.6 is 11.8 Å². The molecule has 0 aromatic heterocycles. The summed E-state index contributed by atoms with van der Waals surface area (Å²) in [4.78, 5) is 0. The highest BCUT2D eigenvalue weighted by Gasteiger charge is 2.17. The Hall–Kier alpha value is 0.310. The highest BCUT2D eigenvalue weighted by molar-refractivity contribution is 7.99. The Morgan fingerprint density at radius 3 is 2.82 bits per heavy atom. The van der Waals surface area contributed by atoms with E-state index in [1.807, 2.05) is 0 Å². The minimum Gasteiger partial charge on any atom is -0.313 e. The summed E-state index contributed by atoms with van der Waals surface area (Å²) in [6.07, 6.45) is 1.33. The average Bonchev–Trinajstić information content (AvgIpc) is 2.13. The van der Waals surface area contributed by atoms with Gasteiger partial charge in [0.25, 0.3) is 0 Å². The summed E-state index contributed by atoms with van der Waals surface area (Å²) in [5.74, 6) is 2.08. The third-order valence-electron chi connectivity index (χ3n) is 2.32. The largest absolute Gasteiger partial charge is 0.313 e. The van der Waals surface area contributed by atoms with Crippen LogP contribution in [0.4, 0.5) is 0 Å². The van der Waals surface area contributed by atoms with Crippen LogP contribution in [0, 0.1) is 5.92 Å². The molecular weight excluding hydrogens is 154 g/mol. The first-order chi connectivity index (χ1) is 5.20. The summed E-state index contributed by atoms with van der Waals surface area (Å²) in [5, 5.41) is 4.44. The monoisotopic (exact) mass is 173 g/mol. The van der Waals surface area contributed by atoms with Gasteiger partial charge in [-0.25, -0.2) is 0 Å². The van der Waals surface area contributed by atoms with Gasteiger partial charge in [0.2, 0.25) is 0 Å². The lowest BCUT2D eigenvalue weighted by Crippen LogP contribution is -2.35. The summed E-state index contributed by atoms with van der Waals surface area (Å²) in [7, 11) is 0. The molecule has 0 amide bonds. The van der Waals surface area contributed by atoms with Crippen molar-refractivity contribution in [1.29, 1.82) is 0 Å². The summed E-state index contributed by atoms with van der Waals surface area (Å²) in [6.45, 7) is 8.13. The third kappa shape index (κ3) is 3.04. The van der Waals surface area contributed by atoms with E-state index < -0.39 is 0 Å². The number of thioether (sulfide) groups is 1. The second kappa shape index (κ2) is 4.36. The summed E-state index contributed by atoms with van der Waals surface area (Å²) < 4.78 is 0. The SMILES string of the molecule is CC1CCNC(C(C)C)CS1. The van der Waals surface area contributed by atoms with Crippen LogP contribution in [0.3, 0.4) is 0 Å². The second-order valence-corrected chi connectivity index (χ2v) is 5.21. The van der Waals surface area contributed by atoms with Crippen molar-refractivity contribution in [2.24, 2.45) is 5.92 Å². The van der Waals surface area contributed by atoms with Crippen LogP contribution in [-0.4, -0.2) is 23.6 Å². The van der Waals surface area contributed by atoms with E-state index in [1.54, 1.807) is 0 Å². The average molecular weight is 173 g/mol. The molecule has 0 aromatic carbocycles. The van der Waals surface area contributed by atoms with Crippen LogP contribution in [0.5, 0.6) is 0 Å². The zero-order chi connectivity index (χ0) is 8.27. The molecule has 1 aliphatic rings. The molecule has 11 heavy (non-hydrogen) atoms. The van der Waals surface area contributed by atoms with Gasteiger partial charge in [-0.2, -0.15) is 11.8 Å². The van der Waals surface area contributed by atoms with E-state index in [0.717, 1.165) is 17.2 Å². The quantitative estimate of drug-likeness (QED) is 0.652. The standard InChI is InChI=1S/C9H19NS/c1-7(2)9-6-11-8(3)4-5-10-9/h7-10H,4-6H2,1-3H3. The zero-order valence-corrected chi connectivity index (χ0v) is 8.58. The minimum atomic E-state index is 0.741. The van der Waals surface area contributed by atoms with E-state index in [2.05, 4.69) is 37.8 Å². The van der Waals surface area contributed by atoms with Gasteiger partial charge in [-0.3, -0.25) is 0 Å². The predicted molar refractivity (Wildman–Crippen MR) is 53.2 cm³/mol. The normalized spacial score (nSPS) is 33.8. The van der Waals surface area contributed by atoms with Gasteiger partial charge >= 0.3 is 0 Å². The maximum atomic E-state index is 3.59. The molecule has 0 bridgehead atoms. The van der Waals surface area contributed by atoms with Crippen LogP contribution in [-0.2, 0) is 0 Å². The minimum absolute atomic E-state index is 0.741. The van der Waals surface area contributed by atoms with Crippen molar-refractivity contribution in [3.63, 3.8) is 0 Å². The molecule has 1 rings (SSSR count). The van der Waals surface area contributed by atoms with Gasteiger partial charge in [0.1, 0.15) is 0 Å². The molecule has 1 nitrogen and oxygen atoms in total. The van der Waals surface area contributed by atoms with Gasteiger partial charge in [0.15, 0.2) is 0 Å². The van der Waals surface area contributed by atoms with Gasteiger partial charge in [-0.15, -0.1) is 0 Å². The van der Waals surface area contributed by atoms with Crippen molar-refractivity contribution >= 4 is 11.8 Å². The fraction of sp³-hybridized carbons (Fsp3) is 1.00. The molecule has 1 saturated heterocycles. The Morgan fingerprint density at radius 2 is 2.18 bits per heavy atom. The highest BCUT2D eigenvalue weighted by atomic mass is 32.2. The lowest BCUT2D eigenvalue weighted by Gasteiger charge is -2.18. The first-order valence-corrected chi connectivity index (χ1v) is 5.60. The van der Waals surface area contributed by atoms with Crippen molar-refractivity contribution in [3.8, 4) is 0 Å². The summed E-state index contributed by atoms with van der Waals surface area (Å²) in [5.41, 5.74) is 0. The lowest BCUT2D eigenvalue weighted by atomic mass is 10.1. The van der Waals surface area contributed by atoms with Crippen LogP contribution in [0.2, 0.25) is 0 Å². The fourth-order valence-corrected chi connectivity index (χ4v) is 2.63. The van der Waals surface area contributed by atoms with Crippen molar-refractivity contribution in [2.75, 3.05) is 12.3 Å². The Labute approximate surface area is 74.3 Å². The molecule has 1 aliphatic heterocycles. The van der Waals surface area contributed by atoms with Gasteiger partial charge in [-0.05, 0) is 18.9 Å². The maximum absolute atomic E-state index is 3.59. The molecular formula is C9H19NS. The molecule has 1 N–H and O–H groups in total. The topological polar surface area (TPSA) is 12.0 Å². The predicted octanol–water partition coefficient (Wildman–Crippen LogP) is 2.13. The van der Waals surface area contributed by atoms with Gasteiger partial charge in [0.05, 0.1) is 0 Å². The van der Waals surface area contributed by atoms with E-state index in [4.69, 9.17) is 0 Å². The number of hydrogen-bond donors (Lipinski definition) is 1. The van der Waals surface area contributed by atoms with E-state index in [1.165, 1.54) is 18.7 Å². The molecule has 0 radical (unpaired) electrons. The van der Waals surface area contributed by atoms with Crippen LogP contribution < -0.4 is 5.32 Å². The lowest BCUT2D eigenvalue weighted by molar-refractivity contribution is 0.437. The molecule has 0 spiro atoms. The van der Waals surface area contributed by atoms with Crippen molar-refractivity contribution in [2.45, 2.75) is 38.5 Å². The number of nitrogens with one attached hydrogen (secondary N) is 1. The molecule has 0 aliphatic carbocycles. The van der Waals surface area contributed by atoms with Crippen molar-refractivity contribution in [3.05, 3.63) is 0 Å². The second-order valence-electron chi connectivity index (χ2n) is 3.74.